The number of carbonyl (C=O) groups is 1. The summed E-state index contributed by atoms with van der Waals surface area (Å²) in [6.07, 6.45) is 2.90. The zero-order chi connectivity index (χ0) is 20.7. The predicted molar refractivity (Wildman–Crippen MR) is 116 cm³/mol. The Morgan fingerprint density at radius 1 is 1.28 bits per heavy atom. The van der Waals surface area contributed by atoms with Crippen LogP contribution >= 0.6 is 0 Å². The molecular weight excluding hydrogens is 362 g/mol. The molecule has 1 unspecified atom stereocenters. The number of pyridine rings is 1. The second kappa shape index (κ2) is 7.54. The monoisotopic (exact) mass is 391 g/mol. The van der Waals surface area contributed by atoms with E-state index in [-0.39, 0.29) is 23.1 Å². The first-order valence-corrected chi connectivity index (χ1v) is 10.5. The third-order valence-electron chi connectivity index (χ3n) is 5.90. The molecule has 0 saturated carbocycles. The van der Waals surface area contributed by atoms with Crippen LogP contribution in [0.1, 0.15) is 65.6 Å². The number of carbonyl (C=O) groups excluding carboxylic acids is 1. The van der Waals surface area contributed by atoms with Gasteiger partial charge in [-0.05, 0) is 62.3 Å². The van der Waals surface area contributed by atoms with Crippen LogP contribution in [-0.2, 0) is 13.0 Å². The minimum Gasteiger partial charge on any atom is -0.356 e. The van der Waals surface area contributed by atoms with Gasteiger partial charge in [-0.1, -0.05) is 32.0 Å². The molecule has 3 aromatic rings. The van der Waals surface area contributed by atoms with Crippen LogP contribution in [-0.4, -0.2) is 15.5 Å². The second-order valence-electron chi connectivity index (χ2n) is 8.63. The lowest BCUT2D eigenvalue weighted by Gasteiger charge is -2.24. The Labute approximate surface area is 171 Å². The molecule has 0 bridgehead atoms. The Hall–Kier alpha value is -2.82. The van der Waals surface area contributed by atoms with Crippen molar-refractivity contribution >= 4 is 16.8 Å². The first kappa shape index (κ1) is 19.5. The SMILES string of the molecule is Cc1cc(C)n(CC(C)C)c(=O)c1C(=O)NC1CCCc2c1[nH]c1ccccc21. The Bertz CT molecular complexity index is 1140. The van der Waals surface area contributed by atoms with Crippen molar-refractivity contribution in [3.63, 3.8) is 0 Å². The van der Waals surface area contributed by atoms with E-state index in [0.29, 0.717) is 12.5 Å². The lowest BCUT2D eigenvalue weighted by Crippen LogP contribution is -2.38. The number of aromatic amines is 1. The number of aryl methyl sites for hydroxylation is 3. The van der Waals surface area contributed by atoms with E-state index < -0.39 is 0 Å². The zero-order valence-electron chi connectivity index (χ0n) is 17.6. The van der Waals surface area contributed by atoms with Crippen molar-refractivity contribution in [2.45, 2.75) is 59.5 Å². The quantitative estimate of drug-likeness (QED) is 0.692. The van der Waals surface area contributed by atoms with Crippen LogP contribution in [0.2, 0.25) is 0 Å². The fraction of sp³-hybridized carbons (Fsp3) is 0.417. The highest BCUT2D eigenvalue weighted by atomic mass is 16.2. The fourth-order valence-corrected chi connectivity index (χ4v) is 4.59. The van der Waals surface area contributed by atoms with Crippen LogP contribution in [0, 0.1) is 19.8 Å². The van der Waals surface area contributed by atoms with Crippen LogP contribution in [0.5, 0.6) is 0 Å². The molecule has 0 fully saturated rings. The van der Waals surface area contributed by atoms with Gasteiger partial charge in [-0.2, -0.15) is 0 Å². The van der Waals surface area contributed by atoms with Gasteiger partial charge in [-0.25, -0.2) is 0 Å². The zero-order valence-corrected chi connectivity index (χ0v) is 17.6. The first-order valence-electron chi connectivity index (χ1n) is 10.5. The Kier molecular flexibility index (Phi) is 5.07. The molecule has 152 valence electrons. The number of hydrogen-bond donors (Lipinski definition) is 2. The maximum atomic E-state index is 13.2. The molecule has 1 atom stereocenters. The lowest BCUT2D eigenvalue weighted by atomic mass is 9.91. The van der Waals surface area contributed by atoms with E-state index in [0.717, 1.165) is 41.7 Å². The van der Waals surface area contributed by atoms with Gasteiger partial charge in [0.2, 0.25) is 0 Å². The van der Waals surface area contributed by atoms with Gasteiger partial charge >= 0.3 is 0 Å². The van der Waals surface area contributed by atoms with Gasteiger partial charge < -0.3 is 14.9 Å². The molecule has 1 amide bonds. The van der Waals surface area contributed by atoms with Crippen molar-refractivity contribution < 1.29 is 4.79 Å². The molecule has 5 nitrogen and oxygen atoms in total. The van der Waals surface area contributed by atoms with Crippen molar-refractivity contribution in [2.24, 2.45) is 5.92 Å². The number of amides is 1. The molecule has 1 aromatic carbocycles. The highest BCUT2D eigenvalue weighted by molar-refractivity contribution is 5.96. The number of fused-ring (bicyclic) bond motifs is 3. The van der Waals surface area contributed by atoms with Gasteiger partial charge in [0, 0.05) is 28.8 Å². The molecule has 0 spiro atoms. The van der Waals surface area contributed by atoms with Crippen molar-refractivity contribution in [2.75, 3.05) is 0 Å². The number of nitrogens with zero attached hydrogens (tertiary/aromatic N) is 1. The Balaban J connectivity index is 1.69. The molecule has 2 aromatic heterocycles. The third kappa shape index (κ3) is 3.50. The minimum absolute atomic E-state index is 0.0997. The second-order valence-corrected chi connectivity index (χ2v) is 8.63. The summed E-state index contributed by atoms with van der Waals surface area (Å²) in [5.74, 6) is 0.0544. The predicted octanol–water partition coefficient (Wildman–Crippen LogP) is 4.41. The van der Waals surface area contributed by atoms with Gasteiger partial charge in [0.15, 0.2) is 0 Å². The van der Waals surface area contributed by atoms with Gasteiger partial charge in [0.1, 0.15) is 5.56 Å². The average molecular weight is 392 g/mol. The maximum Gasteiger partial charge on any atom is 0.263 e. The van der Waals surface area contributed by atoms with E-state index >= 15 is 0 Å². The molecule has 2 heterocycles. The summed E-state index contributed by atoms with van der Waals surface area (Å²) in [6.45, 7) is 8.53. The van der Waals surface area contributed by atoms with Gasteiger partial charge in [-0.15, -0.1) is 0 Å². The van der Waals surface area contributed by atoms with Crippen LogP contribution in [0.25, 0.3) is 10.9 Å². The highest BCUT2D eigenvalue weighted by Gasteiger charge is 2.27. The molecule has 1 aliphatic carbocycles. The number of para-hydroxylation sites is 1. The lowest BCUT2D eigenvalue weighted by molar-refractivity contribution is 0.0929. The smallest absolute Gasteiger partial charge is 0.263 e. The number of hydrogen-bond acceptors (Lipinski definition) is 2. The summed E-state index contributed by atoms with van der Waals surface area (Å²) in [4.78, 5) is 29.8. The van der Waals surface area contributed by atoms with E-state index in [4.69, 9.17) is 0 Å². The standard InChI is InChI=1S/C24H29N3O2/c1-14(2)13-27-16(4)12-15(3)21(24(27)29)23(28)26-20-11-7-9-18-17-8-5-6-10-19(17)25-22(18)20/h5-6,8,10,12,14,20,25H,7,9,11,13H2,1-4H3,(H,26,28). The van der Waals surface area contributed by atoms with E-state index in [1.807, 2.05) is 32.0 Å². The van der Waals surface area contributed by atoms with Crippen molar-refractivity contribution in [3.05, 3.63) is 68.8 Å². The van der Waals surface area contributed by atoms with Gasteiger partial charge in [-0.3, -0.25) is 9.59 Å². The van der Waals surface area contributed by atoms with Gasteiger partial charge in [0.25, 0.3) is 11.5 Å². The molecule has 5 heteroatoms. The molecule has 1 aliphatic rings. The van der Waals surface area contributed by atoms with Crippen LogP contribution in [0.3, 0.4) is 0 Å². The molecule has 0 saturated heterocycles. The normalized spacial score (nSPS) is 16.2. The number of nitrogens with one attached hydrogen (secondary N) is 2. The fourth-order valence-electron chi connectivity index (χ4n) is 4.59. The molecule has 0 radical (unpaired) electrons. The highest BCUT2D eigenvalue weighted by Crippen LogP contribution is 2.34. The van der Waals surface area contributed by atoms with E-state index in [1.165, 1.54) is 10.9 Å². The van der Waals surface area contributed by atoms with Crippen molar-refractivity contribution in [3.8, 4) is 0 Å². The number of aromatic nitrogens is 2. The summed E-state index contributed by atoms with van der Waals surface area (Å²) >= 11 is 0. The molecule has 4 rings (SSSR count). The Morgan fingerprint density at radius 2 is 2.03 bits per heavy atom. The summed E-state index contributed by atoms with van der Waals surface area (Å²) in [5.41, 5.74) is 5.17. The van der Waals surface area contributed by atoms with Gasteiger partial charge in [0.05, 0.1) is 6.04 Å². The van der Waals surface area contributed by atoms with Crippen LogP contribution in [0.15, 0.2) is 35.1 Å². The largest absolute Gasteiger partial charge is 0.356 e. The van der Waals surface area contributed by atoms with E-state index in [9.17, 15) is 9.59 Å². The molecule has 0 aliphatic heterocycles. The van der Waals surface area contributed by atoms with Crippen molar-refractivity contribution in [1.29, 1.82) is 0 Å². The van der Waals surface area contributed by atoms with E-state index in [1.54, 1.807) is 4.57 Å². The summed E-state index contributed by atoms with van der Waals surface area (Å²) in [5, 5.41) is 4.38. The molecular formula is C24H29N3O2. The average Bonchev–Trinajstić information content (AvgIpc) is 3.05. The Morgan fingerprint density at radius 3 is 2.79 bits per heavy atom. The number of rotatable bonds is 4. The summed E-state index contributed by atoms with van der Waals surface area (Å²) in [7, 11) is 0. The van der Waals surface area contributed by atoms with E-state index in [2.05, 4.69) is 36.3 Å². The van der Waals surface area contributed by atoms with Crippen molar-refractivity contribution in [1.82, 2.24) is 14.9 Å². The molecule has 29 heavy (non-hydrogen) atoms. The third-order valence-corrected chi connectivity index (χ3v) is 5.90. The van der Waals surface area contributed by atoms with Crippen LogP contribution < -0.4 is 10.9 Å². The first-order chi connectivity index (χ1) is 13.9. The number of H-pyrrole nitrogens is 1. The summed E-state index contributed by atoms with van der Waals surface area (Å²) < 4.78 is 1.72. The number of benzene rings is 1. The molecule has 2 N–H and O–H groups in total. The maximum absolute atomic E-state index is 13.2. The van der Waals surface area contributed by atoms with Crippen LogP contribution in [0.4, 0.5) is 0 Å². The minimum atomic E-state index is -0.276. The topological polar surface area (TPSA) is 66.9 Å². The summed E-state index contributed by atoms with van der Waals surface area (Å²) in [6, 6.07) is 10.1.